The van der Waals surface area contributed by atoms with Gasteiger partial charge in [-0.25, -0.2) is 0 Å². The highest BCUT2D eigenvalue weighted by Crippen LogP contribution is 2.59. The van der Waals surface area contributed by atoms with Crippen molar-refractivity contribution < 1.29 is 15.3 Å². The van der Waals surface area contributed by atoms with Gasteiger partial charge in [-0.2, -0.15) is 0 Å². The maximum atomic E-state index is 12.5. The molecule has 0 unspecified atom stereocenters. The van der Waals surface area contributed by atoms with Crippen molar-refractivity contribution in [3.63, 3.8) is 0 Å². The van der Waals surface area contributed by atoms with Crippen molar-refractivity contribution in [2.45, 2.75) is 287 Å². The highest BCUT2D eigenvalue weighted by molar-refractivity contribution is 5.96. The first-order valence-electron chi connectivity index (χ1n) is 30.8. The van der Waals surface area contributed by atoms with Gasteiger partial charge >= 0.3 is 0 Å². The third-order valence-electron chi connectivity index (χ3n) is 20.0. The topological polar surface area (TPSA) is 60.7 Å². The Morgan fingerprint density at radius 1 is 0.264 bits per heavy atom. The van der Waals surface area contributed by atoms with Crippen LogP contribution in [0.15, 0.2) is 36.4 Å². The smallest absolute Gasteiger partial charge is 0.119 e. The van der Waals surface area contributed by atoms with E-state index in [1.54, 1.807) is 0 Å². The Hall–Kier alpha value is -3.72. The molecule has 0 radical (unpaired) electrons. The molecule has 72 heavy (non-hydrogen) atoms. The summed E-state index contributed by atoms with van der Waals surface area (Å²) in [5, 5.41) is 37.4. The average molecular weight is 974 g/mol. The number of aromatic hydroxyl groups is 3. The lowest BCUT2D eigenvalue weighted by molar-refractivity contribution is 0.410. The minimum absolute atomic E-state index is 0.215. The van der Waals surface area contributed by atoms with Crippen molar-refractivity contribution in [1.82, 2.24) is 0 Å². The third-order valence-corrected chi connectivity index (χ3v) is 20.0. The third kappa shape index (κ3) is 10.5. The second kappa shape index (κ2) is 23.0. The summed E-state index contributed by atoms with van der Waals surface area (Å²) in [6.07, 6.45) is 36.6. The number of phenols is 3. The lowest BCUT2D eigenvalue weighted by Gasteiger charge is -2.37. The Morgan fingerprint density at radius 3 is 0.625 bits per heavy atom. The molecule has 6 aliphatic rings. The molecular formula is C69H96O3. The van der Waals surface area contributed by atoms with Gasteiger partial charge in [0.05, 0.1) is 0 Å². The van der Waals surface area contributed by atoms with E-state index in [1.807, 2.05) is 0 Å². The van der Waals surface area contributed by atoms with Crippen LogP contribution in [0.25, 0.3) is 33.4 Å². The van der Waals surface area contributed by atoms with Crippen LogP contribution in [0.4, 0.5) is 0 Å². The highest BCUT2D eigenvalue weighted by Gasteiger charge is 2.38. The summed E-state index contributed by atoms with van der Waals surface area (Å²) in [6, 6.07) is 14.7. The van der Waals surface area contributed by atoms with Gasteiger partial charge in [0.1, 0.15) is 17.2 Å². The zero-order valence-electron chi connectivity index (χ0n) is 46.2. The molecule has 0 heterocycles. The molecule has 3 heteroatoms. The van der Waals surface area contributed by atoms with Crippen LogP contribution in [0.1, 0.15) is 337 Å². The zero-order valence-corrected chi connectivity index (χ0v) is 46.2. The van der Waals surface area contributed by atoms with Gasteiger partial charge in [-0.15, -0.1) is 0 Å². The van der Waals surface area contributed by atoms with E-state index < -0.39 is 0 Å². The Bertz CT molecular complexity index is 2190. The number of hydrogen-bond acceptors (Lipinski definition) is 3. The minimum atomic E-state index is 0.215. The first-order valence-corrected chi connectivity index (χ1v) is 30.8. The van der Waals surface area contributed by atoms with Gasteiger partial charge in [0.25, 0.3) is 0 Å². The molecule has 390 valence electrons. The molecule has 4 aromatic carbocycles. The van der Waals surface area contributed by atoms with Crippen LogP contribution in [0.3, 0.4) is 0 Å². The summed E-state index contributed by atoms with van der Waals surface area (Å²) in [5.74, 6) is 4.59. The van der Waals surface area contributed by atoms with Gasteiger partial charge in [0, 0.05) is 0 Å². The van der Waals surface area contributed by atoms with E-state index in [9.17, 15) is 15.3 Å². The Kier molecular flexibility index (Phi) is 16.6. The Labute approximate surface area is 437 Å². The van der Waals surface area contributed by atoms with E-state index in [2.05, 4.69) is 77.9 Å². The molecular weight excluding hydrogens is 877 g/mol. The van der Waals surface area contributed by atoms with Gasteiger partial charge in [-0.05, 0) is 250 Å². The maximum Gasteiger partial charge on any atom is 0.119 e. The predicted molar refractivity (Wildman–Crippen MR) is 305 cm³/mol. The zero-order chi connectivity index (χ0) is 50.0. The number of hydrogen-bond donors (Lipinski definition) is 3. The Morgan fingerprint density at radius 2 is 0.444 bits per heavy atom. The molecule has 0 aliphatic heterocycles. The van der Waals surface area contributed by atoms with Crippen molar-refractivity contribution in [2.75, 3.05) is 0 Å². The quantitative estimate of drug-likeness (QED) is 0.133. The molecule has 6 aliphatic carbocycles. The van der Waals surface area contributed by atoms with Crippen molar-refractivity contribution in [3.8, 4) is 50.6 Å². The fourth-order valence-electron chi connectivity index (χ4n) is 16.4. The van der Waals surface area contributed by atoms with Gasteiger partial charge in [-0.3, -0.25) is 0 Å². The fourth-order valence-corrected chi connectivity index (χ4v) is 16.4. The number of benzene rings is 4. The lowest BCUT2D eigenvalue weighted by atomic mass is 9.67. The molecule has 3 N–H and O–H groups in total. The second-order valence-corrected chi connectivity index (χ2v) is 25.8. The van der Waals surface area contributed by atoms with Crippen LogP contribution in [0.5, 0.6) is 17.2 Å². The standard InChI is InChI=1S/C69H96O3/c1-43(2)64-67(58-37-55(49-31-19-10-20-32-49)61(70)40-52(58)46-25-13-7-14-26-46)65(44(3)4)69(60-39-57(51-35-23-12-24-36-51)63(72)42-54(60)48-29-17-9-18-30-48)66(45(5)6)68(64)59-38-56(50-33-21-11-22-34-50)62(71)41-53(59)47-27-15-8-16-28-47/h37-51,70-72H,7-36H2,1-6H3. The van der Waals surface area contributed by atoms with Crippen LogP contribution in [0, 0.1) is 0 Å². The molecule has 3 nitrogen and oxygen atoms in total. The summed E-state index contributed by atoms with van der Waals surface area (Å²) < 4.78 is 0. The molecule has 0 bridgehead atoms. The minimum Gasteiger partial charge on any atom is -0.508 e. The van der Waals surface area contributed by atoms with Crippen molar-refractivity contribution >= 4 is 0 Å². The molecule has 6 fully saturated rings. The van der Waals surface area contributed by atoms with Crippen LogP contribution >= 0.6 is 0 Å². The largest absolute Gasteiger partial charge is 0.508 e. The van der Waals surface area contributed by atoms with Crippen LogP contribution in [0.2, 0.25) is 0 Å². The fraction of sp³-hybridized carbons (Fsp3) is 0.652. The van der Waals surface area contributed by atoms with Crippen LogP contribution in [-0.2, 0) is 0 Å². The molecule has 0 amide bonds. The van der Waals surface area contributed by atoms with Crippen LogP contribution < -0.4 is 0 Å². The van der Waals surface area contributed by atoms with Gasteiger partial charge in [0.15, 0.2) is 0 Å². The van der Waals surface area contributed by atoms with Crippen LogP contribution in [-0.4, -0.2) is 15.3 Å². The summed E-state index contributed by atoms with van der Waals surface area (Å²) in [7, 11) is 0. The van der Waals surface area contributed by atoms with Gasteiger partial charge < -0.3 is 15.3 Å². The molecule has 0 saturated heterocycles. The number of rotatable bonds is 12. The molecule has 4 aromatic rings. The lowest BCUT2D eigenvalue weighted by Crippen LogP contribution is -2.17. The van der Waals surface area contributed by atoms with Gasteiger partial charge in [0.2, 0.25) is 0 Å². The molecule has 10 rings (SSSR count). The average Bonchev–Trinajstić information content (AvgIpc) is 3.41. The molecule has 6 saturated carbocycles. The summed E-state index contributed by atoms with van der Waals surface area (Å²) >= 11 is 0. The van der Waals surface area contributed by atoms with Crippen molar-refractivity contribution in [1.29, 1.82) is 0 Å². The predicted octanol–water partition coefficient (Wildman–Crippen LogP) is 21.5. The summed E-state index contributed by atoms with van der Waals surface area (Å²) in [4.78, 5) is 0. The van der Waals surface area contributed by atoms with E-state index in [1.165, 1.54) is 238 Å². The van der Waals surface area contributed by atoms with E-state index in [-0.39, 0.29) is 17.8 Å². The van der Waals surface area contributed by atoms with E-state index in [0.717, 1.165) is 38.5 Å². The van der Waals surface area contributed by atoms with Gasteiger partial charge in [-0.1, -0.05) is 157 Å². The molecule has 0 spiro atoms. The highest BCUT2D eigenvalue weighted by atomic mass is 16.3. The van der Waals surface area contributed by atoms with E-state index in [0.29, 0.717) is 52.8 Å². The maximum absolute atomic E-state index is 12.5. The summed E-state index contributed by atoms with van der Waals surface area (Å²) in [5.41, 5.74) is 20.7. The molecule has 0 atom stereocenters. The monoisotopic (exact) mass is 973 g/mol. The van der Waals surface area contributed by atoms with E-state index in [4.69, 9.17) is 0 Å². The van der Waals surface area contributed by atoms with Crippen molar-refractivity contribution in [2.24, 2.45) is 0 Å². The van der Waals surface area contributed by atoms with Crippen molar-refractivity contribution in [3.05, 3.63) is 86.5 Å². The summed E-state index contributed by atoms with van der Waals surface area (Å²) in [6.45, 7) is 15.0. The number of phenolic OH excluding ortho intramolecular Hbond substituents is 3. The van der Waals surface area contributed by atoms with E-state index >= 15 is 0 Å². The first kappa shape index (κ1) is 51.8. The molecule has 0 aromatic heterocycles. The Balaban J connectivity index is 1.41. The normalized spacial score (nSPS) is 21.1. The SMILES string of the molecule is CC(C)c1c(-c2cc(C3CCCCC3)c(O)cc2C2CCCCC2)c(C(C)C)c(-c2cc(C3CCCCC3)c(O)cc2C2CCCCC2)c(C(C)C)c1-c1cc(C2CCCCC2)c(O)cc1C1CCCCC1. The first-order chi connectivity index (χ1) is 35.0. The second-order valence-electron chi connectivity index (χ2n) is 25.8.